The predicted octanol–water partition coefficient (Wildman–Crippen LogP) is 3.66. The quantitative estimate of drug-likeness (QED) is 0.207. The highest BCUT2D eigenvalue weighted by atomic mass is 127. The first-order valence-electron chi connectivity index (χ1n) is 9.51. The van der Waals surface area contributed by atoms with Crippen molar-refractivity contribution in [1.82, 2.24) is 15.5 Å². The number of methoxy groups -OCH3 is 1. The van der Waals surface area contributed by atoms with Crippen molar-refractivity contribution < 1.29 is 9.53 Å². The van der Waals surface area contributed by atoms with E-state index in [0.717, 1.165) is 31.0 Å². The number of aliphatic imine (C=N–C) groups is 1. The number of nitrogens with one attached hydrogen (secondary N) is 3. The molecule has 160 valence electrons. The zero-order valence-corrected chi connectivity index (χ0v) is 20.2. The maximum Gasteiger partial charge on any atom is 0.411 e. The molecule has 0 radical (unpaired) electrons. The SMILES string of the molecule is CN=C(NCCCN(C(C)C)C(C)C)NCc1ccc(NC(=O)OC)cc1.I. The van der Waals surface area contributed by atoms with Gasteiger partial charge < -0.3 is 15.4 Å². The number of rotatable bonds is 9. The van der Waals surface area contributed by atoms with Crippen LogP contribution in [0.4, 0.5) is 10.5 Å². The maximum atomic E-state index is 11.2. The first-order chi connectivity index (χ1) is 12.9. The molecule has 28 heavy (non-hydrogen) atoms. The molecular weight excluding hydrogens is 469 g/mol. The molecule has 3 N–H and O–H groups in total. The summed E-state index contributed by atoms with van der Waals surface area (Å²) < 4.78 is 4.58. The van der Waals surface area contributed by atoms with Crippen LogP contribution in [0.3, 0.4) is 0 Å². The van der Waals surface area contributed by atoms with Crippen LogP contribution in [0, 0.1) is 0 Å². The van der Waals surface area contributed by atoms with Crippen molar-refractivity contribution in [3.63, 3.8) is 0 Å². The van der Waals surface area contributed by atoms with Gasteiger partial charge in [-0.25, -0.2) is 4.79 Å². The Labute approximate surface area is 186 Å². The molecule has 0 aliphatic carbocycles. The van der Waals surface area contributed by atoms with Crippen LogP contribution in [0.25, 0.3) is 0 Å². The van der Waals surface area contributed by atoms with Crippen molar-refractivity contribution in [1.29, 1.82) is 0 Å². The minimum absolute atomic E-state index is 0. The fraction of sp³-hybridized carbons (Fsp3) is 0.600. The predicted molar refractivity (Wildman–Crippen MR) is 128 cm³/mol. The number of nitrogens with zero attached hydrogens (tertiary/aromatic N) is 2. The molecule has 0 fully saturated rings. The Hall–Kier alpha value is -1.55. The Bertz CT molecular complexity index is 583. The average Bonchev–Trinajstić information content (AvgIpc) is 2.64. The van der Waals surface area contributed by atoms with E-state index in [1.807, 2.05) is 24.3 Å². The molecule has 8 heteroatoms. The second kappa shape index (κ2) is 14.4. The molecule has 0 heterocycles. The van der Waals surface area contributed by atoms with Gasteiger partial charge >= 0.3 is 6.09 Å². The number of halogens is 1. The van der Waals surface area contributed by atoms with Gasteiger partial charge in [-0.15, -0.1) is 24.0 Å². The molecule has 0 aliphatic rings. The van der Waals surface area contributed by atoms with Crippen LogP contribution in [0.15, 0.2) is 29.3 Å². The normalized spacial score (nSPS) is 11.4. The Morgan fingerprint density at radius 3 is 2.21 bits per heavy atom. The fourth-order valence-electron chi connectivity index (χ4n) is 2.86. The summed E-state index contributed by atoms with van der Waals surface area (Å²) >= 11 is 0. The summed E-state index contributed by atoms with van der Waals surface area (Å²) in [5.74, 6) is 0.785. The van der Waals surface area contributed by atoms with Gasteiger partial charge in [-0.1, -0.05) is 12.1 Å². The molecular formula is C20H36IN5O2. The lowest BCUT2D eigenvalue weighted by Crippen LogP contribution is -2.41. The number of hydrogen-bond acceptors (Lipinski definition) is 4. The van der Waals surface area contributed by atoms with Gasteiger partial charge in [0.25, 0.3) is 0 Å². The van der Waals surface area contributed by atoms with Crippen molar-refractivity contribution in [3.8, 4) is 0 Å². The molecule has 0 unspecified atom stereocenters. The van der Waals surface area contributed by atoms with E-state index in [-0.39, 0.29) is 24.0 Å². The van der Waals surface area contributed by atoms with E-state index in [4.69, 9.17) is 0 Å². The average molecular weight is 505 g/mol. The molecule has 1 rings (SSSR count). The highest BCUT2D eigenvalue weighted by Crippen LogP contribution is 2.09. The van der Waals surface area contributed by atoms with Crippen molar-refractivity contribution in [2.45, 2.75) is 52.7 Å². The Kier molecular flexibility index (Phi) is 13.6. The lowest BCUT2D eigenvalue weighted by atomic mass is 10.2. The van der Waals surface area contributed by atoms with Crippen molar-refractivity contribution >= 4 is 41.7 Å². The minimum atomic E-state index is -0.473. The van der Waals surface area contributed by atoms with E-state index >= 15 is 0 Å². The smallest absolute Gasteiger partial charge is 0.411 e. The Balaban J connectivity index is 0.00000729. The van der Waals surface area contributed by atoms with Crippen molar-refractivity contribution in [2.24, 2.45) is 4.99 Å². The number of carbonyl (C=O) groups is 1. The van der Waals surface area contributed by atoms with Crippen molar-refractivity contribution in [3.05, 3.63) is 29.8 Å². The molecule has 0 aromatic heterocycles. The Morgan fingerprint density at radius 1 is 1.11 bits per heavy atom. The molecule has 0 aliphatic heterocycles. The number of ether oxygens (including phenoxy) is 1. The molecule has 7 nitrogen and oxygen atoms in total. The van der Waals surface area contributed by atoms with Crippen LogP contribution >= 0.6 is 24.0 Å². The fourth-order valence-corrected chi connectivity index (χ4v) is 2.86. The van der Waals surface area contributed by atoms with Crippen LogP contribution in [0.2, 0.25) is 0 Å². The second-order valence-corrected chi connectivity index (χ2v) is 6.94. The highest BCUT2D eigenvalue weighted by molar-refractivity contribution is 14.0. The van der Waals surface area contributed by atoms with Gasteiger partial charge in [0.15, 0.2) is 5.96 Å². The molecule has 0 saturated carbocycles. The maximum absolute atomic E-state index is 11.2. The number of carbonyl (C=O) groups excluding carboxylic acids is 1. The largest absolute Gasteiger partial charge is 0.453 e. The number of anilines is 1. The molecule has 1 aromatic carbocycles. The van der Waals surface area contributed by atoms with E-state index in [0.29, 0.717) is 24.3 Å². The number of amides is 1. The summed E-state index contributed by atoms with van der Waals surface area (Å²) in [6, 6.07) is 8.70. The lowest BCUT2D eigenvalue weighted by molar-refractivity contribution is 0.173. The van der Waals surface area contributed by atoms with Gasteiger partial charge in [-0.3, -0.25) is 15.2 Å². The van der Waals surface area contributed by atoms with Crippen LogP contribution in [-0.2, 0) is 11.3 Å². The summed E-state index contributed by atoms with van der Waals surface area (Å²) in [6.45, 7) is 11.5. The first-order valence-corrected chi connectivity index (χ1v) is 9.51. The molecule has 0 atom stereocenters. The minimum Gasteiger partial charge on any atom is -0.453 e. The summed E-state index contributed by atoms with van der Waals surface area (Å²) in [4.78, 5) is 17.9. The van der Waals surface area contributed by atoms with Crippen LogP contribution in [0.1, 0.15) is 39.7 Å². The first kappa shape index (κ1) is 26.4. The Morgan fingerprint density at radius 2 is 1.71 bits per heavy atom. The topological polar surface area (TPSA) is 78.0 Å². The van der Waals surface area contributed by atoms with Gasteiger partial charge in [0.2, 0.25) is 0 Å². The zero-order valence-electron chi connectivity index (χ0n) is 17.9. The lowest BCUT2D eigenvalue weighted by Gasteiger charge is -2.30. The van der Waals surface area contributed by atoms with Gasteiger partial charge in [0.05, 0.1) is 7.11 Å². The van der Waals surface area contributed by atoms with Gasteiger partial charge in [-0.2, -0.15) is 0 Å². The van der Waals surface area contributed by atoms with Crippen LogP contribution in [-0.4, -0.2) is 56.3 Å². The third-order valence-electron chi connectivity index (χ3n) is 4.28. The zero-order chi connectivity index (χ0) is 20.2. The van der Waals surface area contributed by atoms with E-state index < -0.39 is 6.09 Å². The van der Waals surface area contributed by atoms with Gasteiger partial charge in [-0.05, 0) is 51.8 Å². The summed E-state index contributed by atoms with van der Waals surface area (Å²) in [7, 11) is 3.11. The van der Waals surface area contributed by atoms with Crippen LogP contribution in [0.5, 0.6) is 0 Å². The molecule has 0 saturated heterocycles. The van der Waals surface area contributed by atoms with E-state index in [2.05, 4.69) is 58.3 Å². The number of hydrogen-bond donors (Lipinski definition) is 3. The second-order valence-electron chi connectivity index (χ2n) is 6.94. The van der Waals surface area contributed by atoms with E-state index in [9.17, 15) is 4.79 Å². The summed E-state index contributed by atoms with van der Waals surface area (Å²) in [5, 5.41) is 9.29. The monoisotopic (exact) mass is 505 g/mol. The van der Waals surface area contributed by atoms with Crippen LogP contribution < -0.4 is 16.0 Å². The summed E-state index contributed by atoms with van der Waals surface area (Å²) in [6.07, 6.45) is 0.587. The highest BCUT2D eigenvalue weighted by Gasteiger charge is 2.12. The molecule has 0 spiro atoms. The van der Waals surface area contributed by atoms with E-state index in [1.165, 1.54) is 7.11 Å². The van der Waals surface area contributed by atoms with Crippen molar-refractivity contribution in [2.75, 3.05) is 32.6 Å². The molecule has 0 bridgehead atoms. The van der Waals surface area contributed by atoms with E-state index in [1.54, 1.807) is 7.05 Å². The molecule has 1 aromatic rings. The molecule has 1 amide bonds. The number of benzene rings is 1. The standard InChI is InChI=1S/C20H35N5O2.HI/c1-15(2)25(16(3)4)13-7-12-22-19(21-5)23-14-17-8-10-18(11-9-17)24-20(26)27-6;/h8-11,15-16H,7,12-14H2,1-6H3,(H,24,26)(H2,21,22,23);1H. The third-order valence-corrected chi connectivity index (χ3v) is 4.28. The van der Waals surface area contributed by atoms with Gasteiger partial charge in [0, 0.05) is 44.5 Å². The third kappa shape index (κ3) is 10.1. The van der Waals surface area contributed by atoms with Gasteiger partial charge in [0.1, 0.15) is 0 Å². The summed E-state index contributed by atoms with van der Waals surface area (Å²) in [5.41, 5.74) is 1.80. The number of guanidine groups is 1.